The molecular weight excluding hydrogens is 663 g/mol. The second-order valence-electron chi connectivity index (χ2n) is 17.8. The van der Waals surface area contributed by atoms with Gasteiger partial charge >= 0.3 is 0 Å². The topological polar surface area (TPSA) is 15.3 Å². The van der Waals surface area contributed by atoms with E-state index in [1.54, 1.807) is 5.56 Å². The van der Waals surface area contributed by atoms with Gasteiger partial charge in [0.25, 0.3) is 0 Å². The molecule has 1 N–H and O–H groups in total. The number of nitrogens with zero attached hydrogens (tertiary/aromatic N) is 1. The lowest BCUT2D eigenvalue weighted by molar-refractivity contribution is 0.195. The summed E-state index contributed by atoms with van der Waals surface area (Å²) < 4.78 is 0. The quantitative estimate of drug-likeness (QED) is 0.179. The third-order valence-corrected chi connectivity index (χ3v) is 13.6. The highest BCUT2D eigenvalue weighted by Crippen LogP contribution is 2.61. The average molecular weight is 713 g/mol. The summed E-state index contributed by atoms with van der Waals surface area (Å²) in [5.74, 6) is 0. The van der Waals surface area contributed by atoms with Crippen molar-refractivity contribution < 1.29 is 0 Å². The van der Waals surface area contributed by atoms with Gasteiger partial charge in [-0.15, -0.1) is 0 Å². The van der Waals surface area contributed by atoms with Crippen LogP contribution in [0.25, 0.3) is 44.2 Å². The Labute approximate surface area is 327 Å². The molecule has 55 heavy (non-hydrogen) atoms. The maximum Gasteiger partial charge on any atom is 0.198 e. The summed E-state index contributed by atoms with van der Waals surface area (Å²) in [6.07, 6.45) is 4.96. The van der Waals surface area contributed by atoms with Gasteiger partial charge in [-0.25, -0.2) is 0 Å². The van der Waals surface area contributed by atoms with Crippen molar-refractivity contribution in [2.75, 3.05) is 10.2 Å². The van der Waals surface area contributed by atoms with Crippen molar-refractivity contribution >= 4 is 51.7 Å². The smallest absolute Gasteiger partial charge is 0.198 e. The molecule has 0 bridgehead atoms. The molecule has 0 amide bonds. The van der Waals surface area contributed by atoms with E-state index < -0.39 is 0 Å². The standard InChI is InChI=1S/C52H49BN2/c1-50(2,3)39-32-44-49-45(33-39)53-47-43(30-38(35-18-10-7-11-19-35)31-46(47)55(49)52(5)29-15-14-28-51(44,52)4)42-27-24-37-20-12-13-21-41(37)48(42)54-40-25-22-36(23-26-40)34-16-8-6-9-17-34/h6-13,16-27,30-33,53-54H,14-15,28-29H2,1-5H3. The number of hydrogen-bond acceptors (Lipinski definition) is 2. The first-order valence-corrected chi connectivity index (χ1v) is 20.3. The number of fused-ring (bicyclic) bond motifs is 6. The maximum atomic E-state index is 3.99. The van der Waals surface area contributed by atoms with Crippen LogP contribution in [0.2, 0.25) is 0 Å². The van der Waals surface area contributed by atoms with Gasteiger partial charge in [-0.05, 0) is 99.2 Å². The lowest BCUT2D eigenvalue weighted by Crippen LogP contribution is -2.57. The summed E-state index contributed by atoms with van der Waals surface area (Å²) in [6, 6.07) is 54.3. The van der Waals surface area contributed by atoms with Crippen molar-refractivity contribution in [3.8, 4) is 33.4 Å². The van der Waals surface area contributed by atoms with Gasteiger partial charge in [0, 0.05) is 33.4 Å². The molecule has 2 atom stereocenters. The summed E-state index contributed by atoms with van der Waals surface area (Å²) in [7, 11) is 0.909. The second-order valence-corrected chi connectivity index (χ2v) is 17.8. The van der Waals surface area contributed by atoms with E-state index in [1.165, 1.54) is 97.7 Å². The van der Waals surface area contributed by atoms with Crippen LogP contribution in [0.3, 0.4) is 0 Å². The number of rotatable bonds is 5. The molecule has 7 aromatic rings. The maximum absolute atomic E-state index is 3.99. The zero-order valence-electron chi connectivity index (χ0n) is 32.8. The molecule has 0 spiro atoms. The number of nitrogens with one attached hydrogen (secondary N) is 1. The van der Waals surface area contributed by atoms with Gasteiger partial charge in [0.2, 0.25) is 0 Å². The van der Waals surface area contributed by atoms with Gasteiger partial charge in [0.15, 0.2) is 7.28 Å². The fourth-order valence-corrected chi connectivity index (χ4v) is 10.3. The van der Waals surface area contributed by atoms with E-state index in [-0.39, 0.29) is 16.4 Å². The van der Waals surface area contributed by atoms with Crippen LogP contribution in [-0.2, 0) is 10.8 Å². The summed E-state index contributed by atoms with van der Waals surface area (Å²) in [4.78, 5) is 2.84. The van der Waals surface area contributed by atoms with E-state index in [1.807, 2.05) is 0 Å². The molecule has 7 aromatic carbocycles. The van der Waals surface area contributed by atoms with Crippen molar-refractivity contribution in [3.63, 3.8) is 0 Å². The van der Waals surface area contributed by atoms with Gasteiger partial charge in [0.1, 0.15) is 0 Å². The SMILES string of the molecule is CC(C)(C)c1cc2c3c(c1)C1(C)CCCCC1(C)N3c1cc(-c3ccccc3)cc(-c3ccc4ccccc4c3Nc3ccc(-c4ccccc4)cc3)c1B2. The van der Waals surface area contributed by atoms with Gasteiger partial charge < -0.3 is 10.2 Å². The van der Waals surface area contributed by atoms with Crippen molar-refractivity contribution in [1.82, 2.24) is 0 Å². The molecule has 2 aliphatic heterocycles. The Bertz CT molecular complexity index is 2600. The summed E-state index contributed by atoms with van der Waals surface area (Å²) in [5.41, 5.74) is 18.7. The van der Waals surface area contributed by atoms with Crippen LogP contribution in [0.5, 0.6) is 0 Å². The van der Waals surface area contributed by atoms with Crippen molar-refractivity contribution in [2.24, 2.45) is 0 Å². The van der Waals surface area contributed by atoms with Crippen LogP contribution >= 0.6 is 0 Å². The lowest BCUT2D eigenvalue weighted by Gasteiger charge is -2.51. The van der Waals surface area contributed by atoms with E-state index in [2.05, 4.69) is 190 Å². The first-order chi connectivity index (χ1) is 26.6. The lowest BCUT2D eigenvalue weighted by atomic mass is 9.57. The molecule has 0 radical (unpaired) electrons. The molecule has 2 heterocycles. The predicted molar refractivity (Wildman–Crippen MR) is 238 cm³/mol. The van der Waals surface area contributed by atoms with E-state index in [0.29, 0.717) is 0 Å². The highest BCUT2D eigenvalue weighted by molar-refractivity contribution is 6.73. The van der Waals surface area contributed by atoms with E-state index in [0.717, 1.165) is 18.7 Å². The highest BCUT2D eigenvalue weighted by atomic mass is 15.3. The molecular formula is C52H49BN2. The molecule has 2 nitrogen and oxygen atoms in total. The van der Waals surface area contributed by atoms with Crippen LogP contribution < -0.4 is 21.1 Å². The second kappa shape index (κ2) is 12.5. The fraction of sp³-hybridized carbons (Fsp3) is 0.231. The van der Waals surface area contributed by atoms with Gasteiger partial charge in [0.05, 0.1) is 11.2 Å². The molecule has 10 rings (SSSR count). The molecule has 1 aliphatic carbocycles. The van der Waals surface area contributed by atoms with Crippen LogP contribution in [-0.4, -0.2) is 12.8 Å². The zero-order valence-corrected chi connectivity index (χ0v) is 32.8. The number of benzene rings is 7. The van der Waals surface area contributed by atoms with Crippen LogP contribution in [0, 0.1) is 0 Å². The Morgan fingerprint density at radius 3 is 2.00 bits per heavy atom. The van der Waals surface area contributed by atoms with Crippen molar-refractivity contribution in [2.45, 2.75) is 76.7 Å². The minimum absolute atomic E-state index is 0.0223. The fourth-order valence-electron chi connectivity index (χ4n) is 10.3. The summed E-state index contributed by atoms with van der Waals surface area (Å²) >= 11 is 0. The van der Waals surface area contributed by atoms with E-state index in [9.17, 15) is 0 Å². The molecule has 0 aromatic heterocycles. The molecule has 270 valence electrons. The van der Waals surface area contributed by atoms with Crippen molar-refractivity contribution in [1.29, 1.82) is 0 Å². The monoisotopic (exact) mass is 712 g/mol. The summed E-state index contributed by atoms with van der Waals surface area (Å²) in [6.45, 7) is 12.3. The minimum atomic E-state index is -0.0223. The first kappa shape index (κ1) is 34.0. The Hall–Kier alpha value is -5.54. The summed E-state index contributed by atoms with van der Waals surface area (Å²) in [5, 5.41) is 6.45. The number of anilines is 4. The van der Waals surface area contributed by atoms with E-state index >= 15 is 0 Å². The normalized spacial score (nSPS) is 19.7. The Morgan fingerprint density at radius 2 is 1.27 bits per heavy atom. The van der Waals surface area contributed by atoms with Crippen LogP contribution in [0.15, 0.2) is 146 Å². The molecule has 1 saturated carbocycles. The average Bonchev–Trinajstić information content (AvgIpc) is 3.42. The van der Waals surface area contributed by atoms with Gasteiger partial charge in [-0.1, -0.05) is 167 Å². The van der Waals surface area contributed by atoms with Crippen LogP contribution in [0.4, 0.5) is 22.7 Å². The minimum Gasteiger partial charge on any atom is -0.355 e. The molecule has 1 fully saturated rings. The third-order valence-electron chi connectivity index (χ3n) is 13.6. The molecule has 2 unspecified atom stereocenters. The highest BCUT2D eigenvalue weighted by Gasteiger charge is 2.59. The predicted octanol–water partition coefficient (Wildman–Crippen LogP) is 12.3. The Kier molecular flexibility index (Phi) is 7.72. The molecule has 0 saturated heterocycles. The number of hydrogen-bond donors (Lipinski definition) is 1. The van der Waals surface area contributed by atoms with Gasteiger partial charge in [-0.2, -0.15) is 0 Å². The van der Waals surface area contributed by atoms with Crippen LogP contribution in [0.1, 0.15) is 71.4 Å². The Morgan fingerprint density at radius 1 is 0.618 bits per heavy atom. The molecule has 3 heteroatoms. The largest absolute Gasteiger partial charge is 0.355 e. The Balaban J connectivity index is 1.22. The molecule has 3 aliphatic rings. The zero-order chi connectivity index (χ0) is 37.5. The first-order valence-electron chi connectivity index (χ1n) is 20.3. The van der Waals surface area contributed by atoms with Gasteiger partial charge in [-0.3, -0.25) is 0 Å². The third kappa shape index (κ3) is 5.30. The van der Waals surface area contributed by atoms with Crippen molar-refractivity contribution in [3.05, 3.63) is 157 Å². The van der Waals surface area contributed by atoms with E-state index in [4.69, 9.17) is 0 Å².